The lowest BCUT2D eigenvalue weighted by Crippen LogP contribution is -2.18. The Kier molecular flexibility index (Phi) is 5.57. The van der Waals surface area contributed by atoms with E-state index in [4.69, 9.17) is 11.6 Å². The zero-order valence-corrected chi connectivity index (χ0v) is 11.8. The molecule has 0 heterocycles. The van der Waals surface area contributed by atoms with E-state index in [1.807, 2.05) is 0 Å². The van der Waals surface area contributed by atoms with Crippen LogP contribution in [0.15, 0.2) is 22.7 Å². The Bertz CT molecular complexity index is 313. The lowest BCUT2D eigenvalue weighted by molar-refractivity contribution is 0.0173. The molecule has 0 amide bonds. The predicted octanol–water partition coefficient (Wildman–Crippen LogP) is 3.28. The molecule has 84 valence electrons. The molecule has 0 saturated carbocycles. The largest absolute Gasteiger partial charge is 0.390 e. The quantitative estimate of drug-likeness (QED) is 0.811. The minimum absolute atomic E-state index is 0.491. The third-order valence-corrected chi connectivity index (χ3v) is 3.13. The highest BCUT2D eigenvalue weighted by Crippen LogP contribution is 2.26. The van der Waals surface area contributed by atoms with Crippen LogP contribution in [0.2, 0.25) is 5.02 Å². The Morgan fingerprint density at radius 3 is 2.47 bits per heavy atom. The molecule has 15 heavy (non-hydrogen) atoms. The van der Waals surface area contributed by atoms with E-state index in [-0.39, 0.29) is 0 Å². The number of aliphatic hydroxyl groups excluding tert-OH is 2. The normalized spacial score (nSPS) is 15.0. The van der Waals surface area contributed by atoms with Crippen molar-refractivity contribution in [2.24, 2.45) is 0 Å². The zero-order chi connectivity index (χ0) is 11.4. The van der Waals surface area contributed by atoms with E-state index in [1.165, 1.54) is 0 Å². The van der Waals surface area contributed by atoms with Gasteiger partial charge in [-0.05, 0) is 30.2 Å². The van der Waals surface area contributed by atoms with Crippen molar-refractivity contribution in [1.82, 2.24) is 0 Å². The fraction of sp³-hybridized carbons (Fsp3) is 0.400. The summed E-state index contributed by atoms with van der Waals surface area (Å²) in [6, 6.07) is 5.12. The number of alkyl halides is 1. The van der Waals surface area contributed by atoms with Gasteiger partial charge in [0, 0.05) is 14.8 Å². The molecule has 0 saturated heterocycles. The highest BCUT2D eigenvalue weighted by molar-refractivity contribution is 9.10. The van der Waals surface area contributed by atoms with Crippen LogP contribution in [0.3, 0.4) is 0 Å². The van der Waals surface area contributed by atoms with Crippen molar-refractivity contribution in [2.75, 3.05) is 5.33 Å². The summed E-state index contributed by atoms with van der Waals surface area (Å²) < 4.78 is 0.787. The number of hydrogen-bond acceptors (Lipinski definition) is 2. The van der Waals surface area contributed by atoms with E-state index < -0.39 is 12.2 Å². The molecule has 0 aliphatic carbocycles. The van der Waals surface area contributed by atoms with Gasteiger partial charge >= 0.3 is 0 Å². The maximum atomic E-state index is 9.82. The van der Waals surface area contributed by atoms with Crippen molar-refractivity contribution in [2.45, 2.75) is 18.6 Å². The molecule has 2 atom stereocenters. The lowest BCUT2D eigenvalue weighted by atomic mass is 10.0. The fourth-order valence-corrected chi connectivity index (χ4v) is 2.59. The summed E-state index contributed by atoms with van der Waals surface area (Å²) in [4.78, 5) is 0. The van der Waals surface area contributed by atoms with Crippen molar-refractivity contribution >= 4 is 43.5 Å². The molecule has 2 N–H and O–H groups in total. The molecule has 0 aromatic heterocycles. The summed E-state index contributed by atoms with van der Waals surface area (Å²) in [5.74, 6) is 0. The average Bonchev–Trinajstić information content (AvgIpc) is 2.15. The summed E-state index contributed by atoms with van der Waals surface area (Å²) in [5, 5.41) is 20.6. The minimum Gasteiger partial charge on any atom is -0.390 e. The molecular formula is C10H11Br2ClO2. The van der Waals surface area contributed by atoms with Gasteiger partial charge in [-0.25, -0.2) is 0 Å². The fourth-order valence-electron chi connectivity index (χ4n) is 1.24. The number of halogens is 3. The highest BCUT2D eigenvalue weighted by Gasteiger charge is 2.18. The zero-order valence-electron chi connectivity index (χ0n) is 7.83. The summed E-state index contributed by atoms with van der Waals surface area (Å²) >= 11 is 12.3. The van der Waals surface area contributed by atoms with Crippen LogP contribution >= 0.6 is 43.5 Å². The van der Waals surface area contributed by atoms with Crippen LogP contribution in [0, 0.1) is 0 Å². The van der Waals surface area contributed by atoms with Crippen LogP contribution in [0.1, 0.15) is 18.1 Å². The van der Waals surface area contributed by atoms with Gasteiger partial charge in [-0.2, -0.15) is 0 Å². The second-order valence-corrected chi connectivity index (χ2v) is 5.34. The minimum atomic E-state index is -0.905. The molecular weight excluding hydrogens is 347 g/mol. The van der Waals surface area contributed by atoms with Crippen molar-refractivity contribution in [3.8, 4) is 0 Å². The Morgan fingerprint density at radius 2 is 1.93 bits per heavy atom. The van der Waals surface area contributed by atoms with Crippen LogP contribution in [0.4, 0.5) is 0 Å². The molecule has 1 aromatic rings. The third kappa shape index (κ3) is 4.04. The summed E-state index contributed by atoms with van der Waals surface area (Å²) in [5.41, 5.74) is 0.614. The van der Waals surface area contributed by atoms with E-state index in [0.29, 0.717) is 22.3 Å². The first-order chi connectivity index (χ1) is 7.04. The molecule has 1 aromatic carbocycles. The molecule has 2 unspecified atom stereocenters. The average molecular weight is 358 g/mol. The van der Waals surface area contributed by atoms with Crippen LogP contribution in [-0.4, -0.2) is 21.6 Å². The third-order valence-electron chi connectivity index (χ3n) is 2.00. The topological polar surface area (TPSA) is 40.5 Å². The van der Waals surface area contributed by atoms with Gasteiger partial charge in [0.15, 0.2) is 0 Å². The van der Waals surface area contributed by atoms with E-state index in [0.717, 1.165) is 4.47 Å². The van der Waals surface area contributed by atoms with Gasteiger partial charge in [0.25, 0.3) is 0 Å². The van der Waals surface area contributed by atoms with Crippen molar-refractivity contribution < 1.29 is 10.2 Å². The molecule has 1 rings (SSSR count). The maximum Gasteiger partial charge on any atom is 0.105 e. The van der Waals surface area contributed by atoms with Crippen molar-refractivity contribution in [3.63, 3.8) is 0 Å². The van der Waals surface area contributed by atoms with Gasteiger partial charge < -0.3 is 10.2 Å². The van der Waals surface area contributed by atoms with Gasteiger partial charge in [-0.1, -0.05) is 43.5 Å². The first-order valence-electron chi connectivity index (χ1n) is 4.42. The molecule has 0 radical (unpaired) electrons. The van der Waals surface area contributed by atoms with E-state index in [2.05, 4.69) is 31.9 Å². The Balaban J connectivity index is 2.85. The first kappa shape index (κ1) is 13.5. The van der Waals surface area contributed by atoms with Gasteiger partial charge in [-0.15, -0.1) is 0 Å². The second-order valence-electron chi connectivity index (χ2n) is 3.19. The Morgan fingerprint density at radius 1 is 1.27 bits per heavy atom. The van der Waals surface area contributed by atoms with E-state index in [9.17, 15) is 10.2 Å². The van der Waals surface area contributed by atoms with Gasteiger partial charge in [0.05, 0.1) is 6.10 Å². The summed E-state index contributed by atoms with van der Waals surface area (Å²) in [6.07, 6.45) is -1.20. The Labute approximate surface area is 111 Å². The number of benzene rings is 1. The molecule has 2 nitrogen and oxygen atoms in total. The van der Waals surface area contributed by atoms with Crippen LogP contribution in [-0.2, 0) is 0 Å². The summed E-state index contributed by atoms with van der Waals surface area (Å²) in [7, 11) is 0. The SMILES string of the molecule is OC(CCBr)C(O)c1cc(Cl)cc(Br)c1. The maximum absolute atomic E-state index is 9.82. The van der Waals surface area contributed by atoms with E-state index in [1.54, 1.807) is 18.2 Å². The standard InChI is InChI=1S/C10H11Br2ClO2/c11-2-1-9(14)10(15)6-3-7(12)5-8(13)4-6/h3-5,9-10,14-15H,1-2H2. The molecule has 0 spiro atoms. The van der Waals surface area contributed by atoms with E-state index >= 15 is 0 Å². The molecule has 5 heteroatoms. The first-order valence-corrected chi connectivity index (χ1v) is 6.72. The van der Waals surface area contributed by atoms with Gasteiger partial charge in [-0.3, -0.25) is 0 Å². The molecule has 0 aliphatic rings. The lowest BCUT2D eigenvalue weighted by Gasteiger charge is -2.17. The smallest absolute Gasteiger partial charge is 0.105 e. The second kappa shape index (κ2) is 6.21. The Hall–Kier alpha value is 0.390. The van der Waals surface area contributed by atoms with Crippen LogP contribution in [0.25, 0.3) is 0 Å². The van der Waals surface area contributed by atoms with Crippen molar-refractivity contribution in [3.05, 3.63) is 33.3 Å². The number of rotatable bonds is 4. The highest BCUT2D eigenvalue weighted by atomic mass is 79.9. The number of hydrogen-bond donors (Lipinski definition) is 2. The van der Waals surface area contributed by atoms with Crippen molar-refractivity contribution in [1.29, 1.82) is 0 Å². The monoisotopic (exact) mass is 356 g/mol. The molecule has 0 bridgehead atoms. The van der Waals surface area contributed by atoms with Crippen LogP contribution < -0.4 is 0 Å². The van der Waals surface area contributed by atoms with Gasteiger partial charge in [0.2, 0.25) is 0 Å². The molecule has 0 aliphatic heterocycles. The summed E-state index contributed by atoms with van der Waals surface area (Å²) in [6.45, 7) is 0. The van der Waals surface area contributed by atoms with Crippen LogP contribution in [0.5, 0.6) is 0 Å². The number of aliphatic hydroxyl groups is 2. The predicted molar refractivity (Wildman–Crippen MR) is 68.5 cm³/mol. The van der Waals surface area contributed by atoms with Gasteiger partial charge in [0.1, 0.15) is 6.10 Å². The molecule has 0 fully saturated rings.